The average Bonchev–Trinajstić information content (AvgIpc) is 2.59. The van der Waals surface area contributed by atoms with Gasteiger partial charge in [0.1, 0.15) is 12.4 Å². The average molecular weight is 298 g/mol. The molecule has 111 valence electrons. The summed E-state index contributed by atoms with van der Waals surface area (Å²) in [6.45, 7) is 4.43. The van der Waals surface area contributed by atoms with Crippen molar-refractivity contribution in [3.8, 4) is 5.75 Å². The van der Waals surface area contributed by atoms with Crippen molar-refractivity contribution < 1.29 is 4.74 Å². The molecule has 23 heavy (non-hydrogen) atoms. The minimum atomic E-state index is 0.459. The van der Waals surface area contributed by atoms with Gasteiger partial charge in [0, 0.05) is 5.39 Å². The largest absolute Gasteiger partial charge is 0.487 e. The fourth-order valence-electron chi connectivity index (χ4n) is 2.71. The van der Waals surface area contributed by atoms with Gasteiger partial charge in [-0.25, -0.2) is 4.98 Å². The van der Waals surface area contributed by atoms with Crippen LogP contribution in [0.4, 0.5) is 0 Å². The first kappa shape index (κ1) is 13.8. The van der Waals surface area contributed by atoms with Crippen LogP contribution in [0.2, 0.25) is 0 Å². The van der Waals surface area contributed by atoms with Crippen LogP contribution in [0.5, 0.6) is 5.75 Å². The van der Waals surface area contributed by atoms with Crippen molar-refractivity contribution in [3.05, 3.63) is 91.0 Å². The van der Waals surface area contributed by atoms with E-state index in [2.05, 4.69) is 42.2 Å². The Hall–Kier alpha value is -2.87. The van der Waals surface area contributed by atoms with Crippen LogP contribution in [0.3, 0.4) is 0 Å². The molecular weight excluding hydrogens is 282 g/mol. The lowest BCUT2D eigenvalue weighted by Crippen LogP contribution is -1.98. The molecule has 0 amide bonds. The van der Waals surface area contributed by atoms with Crippen molar-refractivity contribution in [3.63, 3.8) is 0 Å². The molecule has 0 saturated heterocycles. The van der Waals surface area contributed by atoms with Crippen molar-refractivity contribution in [1.82, 2.24) is 4.98 Å². The number of nitrogens with zero attached hydrogens (tertiary/aromatic N) is 1. The summed E-state index contributed by atoms with van der Waals surface area (Å²) >= 11 is 0. The van der Waals surface area contributed by atoms with Gasteiger partial charge in [0.2, 0.25) is 0 Å². The van der Waals surface area contributed by atoms with Crippen molar-refractivity contribution in [2.24, 2.45) is 0 Å². The number of fused-ring (bicyclic) bond motifs is 2. The number of benzene rings is 3. The number of rotatable bonds is 3. The predicted molar refractivity (Wildman–Crippen MR) is 94.5 cm³/mol. The Labute approximate surface area is 135 Å². The smallest absolute Gasteiger partial charge is 0.130 e. The van der Waals surface area contributed by atoms with E-state index in [-0.39, 0.29) is 0 Å². The third-order valence-corrected chi connectivity index (χ3v) is 3.92. The van der Waals surface area contributed by atoms with Gasteiger partial charge in [-0.15, -0.1) is 0 Å². The van der Waals surface area contributed by atoms with Crippen molar-refractivity contribution >= 4 is 21.7 Å². The van der Waals surface area contributed by atoms with Crippen LogP contribution in [0.25, 0.3) is 21.7 Å². The Morgan fingerprint density at radius 3 is 2.57 bits per heavy atom. The maximum Gasteiger partial charge on any atom is 0.130 e. The molecule has 1 aromatic heterocycles. The number of para-hydroxylation sites is 1. The highest BCUT2D eigenvalue weighted by molar-refractivity contribution is 5.84. The molecule has 0 aliphatic carbocycles. The first-order valence-electron chi connectivity index (χ1n) is 7.61. The summed E-state index contributed by atoms with van der Waals surface area (Å²) in [5.74, 6) is 0.845. The fraction of sp³-hybridized carbons (Fsp3) is 0.0476. The monoisotopic (exact) mass is 298 g/mol. The van der Waals surface area contributed by atoms with Gasteiger partial charge in [-0.05, 0) is 47.5 Å². The maximum absolute atomic E-state index is 5.91. The molecule has 4 rings (SSSR count). The molecule has 0 aliphatic heterocycles. The zero-order valence-electron chi connectivity index (χ0n) is 12.7. The molecule has 0 N–H and O–H groups in total. The second-order valence-electron chi connectivity index (χ2n) is 5.63. The number of ether oxygens (including phenoxy) is 1. The highest BCUT2D eigenvalue weighted by Crippen LogP contribution is 2.23. The molecule has 0 bridgehead atoms. The molecule has 0 atom stereocenters. The zero-order valence-corrected chi connectivity index (χ0v) is 12.7. The standard InChI is InChI=1S/C21H16NO/c1-15-6-7-16-9-11-20(13-18(16)12-15)23-14-19-10-8-17-4-2-3-5-21(17)22-19/h2-13H,1,14H2. The summed E-state index contributed by atoms with van der Waals surface area (Å²) in [4.78, 5) is 4.63. The van der Waals surface area contributed by atoms with Crippen molar-refractivity contribution in [2.75, 3.05) is 0 Å². The molecule has 3 aromatic carbocycles. The number of aromatic nitrogens is 1. The van der Waals surface area contributed by atoms with Crippen LogP contribution in [-0.4, -0.2) is 4.98 Å². The first-order chi connectivity index (χ1) is 11.3. The molecule has 4 aromatic rings. The Bertz CT molecular complexity index is 991. The maximum atomic E-state index is 5.91. The first-order valence-corrected chi connectivity index (χ1v) is 7.61. The fourth-order valence-corrected chi connectivity index (χ4v) is 2.71. The van der Waals surface area contributed by atoms with Crippen molar-refractivity contribution in [2.45, 2.75) is 6.61 Å². The lowest BCUT2D eigenvalue weighted by atomic mass is 10.1. The summed E-state index contributed by atoms with van der Waals surface area (Å²) in [5.41, 5.74) is 2.93. The van der Waals surface area contributed by atoms with Gasteiger partial charge in [0.05, 0.1) is 11.2 Å². The van der Waals surface area contributed by atoms with Crippen molar-refractivity contribution in [1.29, 1.82) is 0 Å². The summed E-state index contributed by atoms with van der Waals surface area (Å²) in [6, 6.07) is 24.5. The Kier molecular flexibility index (Phi) is 3.43. The molecule has 0 unspecified atom stereocenters. The highest BCUT2D eigenvalue weighted by atomic mass is 16.5. The SMILES string of the molecule is [CH2]c1ccc2ccc(OCc3ccc4ccccc4n3)cc2c1. The van der Waals surface area contributed by atoms with E-state index in [1.54, 1.807) is 0 Å². The second kappa shape index (κ2) is 5.73. The van der Waals surface area contributed by atoms with Crippen LogP contribution in [-0.2, 0) is 6.61 Å². The quantitative estimate of drug-likeness (QED) is 0.522. The third-order valence-electron chi connectivity index (χ3n) is 3.92. The Balaban J connectivity index is 1.57. The van der Waals surface area contributed by atoms with E-state index in [0.29, 0.717) is 6.61 Å². The lowest BCUT2D eigenvalue weighted by molar-refractivity contribution is 0.302. The van der Waals surface area contributed by atoms with E-state index >= 15 is 0 Å². The molecule has 0 spiro atoms. The van der Waals surface area contributed by atoms with E-state index in [1.165, 1.54) is 5.39 Å². The predicted octanol–water partition coefficient (Wildman–Crippen LogP) is 5.15. The Morgan fingerprint density at radius 2 is 1.61 bits per heavy atom. The number of hydrogen-bond acceptors (Lipinski definition) is 2. The second-order valence-corrected chi connectivity index (χ2v) is 5.63. The highest BCUT2D eigenvalue weighted by Gasteiger charge is 2.01. The topological polar surface area (TPSA) is 22.1 Å². The molecule has 1 heterocycles. The minimum absolute atomic E-state index is 0.459. The van der Waals surface area contributed by atoms with Crippen LogP contribution in [0, 0.1) is 6.92 Å². The Morgan fingerprint density at radius 1 is 0.783 bits per heavy atom. The summed E-state index contributed by atoms with van der Waals surface area (Å²) in [6.07, 6.45) is 0. The summed E-state index contributed by atoms with van der Waals surface area (Å²) < 4.78 is 5.91. The van der Waals surface area contributed by atoms with Gasteiger partial charge in [-0.2, -0.15) is 0 Å². The normalized spacial score (nSPS) is 11.0. The van der Waals surface area contributed by atoms with Crippen LogP contribution < -0.4 is 4.74 Å². The van der Waals surface area contributed by atoms with E-state index in [0.717, 1.165) is 33.3 Å². The molecule has 2 nitrogen and oxygen atoms in total. The third kappa shape index (κ3) is 2.88. The zero-order chi connectivity index (χ0) is 15.6. The summed E-state index contributed by atoms with van der Waals surface area (Å²) in [7, 11) is 0. The van der Waals surface area contributed by atoms with Gasteiger partial charge >= 0.3 is 0 Å². The van der Waals surface area contributed by atoms with E-state index in [4.69, 9.17) is 4.74 Å². The minimum Gasteiger partial charge on any atom is -0.487 e. The lowest BCUT2D eigenvalue weighted by Gasteiger charge is -2.08. The molecular formula is C21H16NO. The molecule has 1 radical (unpaired) electrons. The van der Waals surface area contributed by atoms with Crippen LogP contribution in [0.1, 0.15) is 11.3 Å². The molecule has 2 heteroatoms. The van der Waals surface area contributed by atoms with Crippen LogP contribution in [0.15, 0.2) is 72.8 Å². The van der Waals surface area contributed by atoms with Gasteiger partial charge < -0.3 is 4.74 Å². The van der Waals surface area contributed by atoms with Gasteiger partial charge in [0.15, 0.2) is 0 Å². The van der Waals surface area contributed by atoms with E-state index in [1.807, 2.05) is 42.5 Å². The molecule has 0 fully saturated rings. The van der Waals surface area contributed by atoms with Gasteiger partial charge in [0.25, 0.3) is 0 Å². The van der Waals surface area contributed by atoms with Gasteiger partial charge in [-0.1, -0.05) is 48.5 Å². The summed E-state index contributed by atoms with van der Waals surface area (Å²) in [5, 5.41) is 3.47. The van der Waals surface area contributed by atoms with E-state index in [9.17, 15) is 0 Å². The van der Waals surface area contributed by atoms with Gasteiger partial charge in [-0.3, -0.25) is 0 Å². The molecule has 0 aliphatic rings. The number of hydrogen-bond donors (Lipinski definition) is 0. The van der Waals surface area contributed by atoms with Crippen LogP contribution >= 0.6 is 0 Å². The van der Waals surface area contributed by atoms with E-state index < -0.39 is 0 Å². The molecule has 0 saturated carbocycles. The number of pyridine rings is 1.